The minimum absolute atomic E-state index is 0.179. The highest BCUT2D eigenvalue weighted by atomic mass is 32.2. The molecule has 1 amide bonds. The fourth-order valence-corrected chi connectivity index (χ4v) is 5.45. The Morgan fingerprint density at radius 2 is 1.77 bits per heavy atom. The summed E-state index contributed by atoms with van der Waals surface area (Å²) in [5.41, 5.74) is 0.0625. The summed E-state index contributed by atoms with van der Waals surface area (Å²) in [6.45, 7) is 12.3. The van der Waals surface area contributed by atoms with Gasteiger partial charge in [-0.1, -0.05) is 20.8 Å². The molecule has 2 heterocycles. The van der Waals surface area contributed by atoms with Gasteiger partial charge in [0, 0.05) is 12.6 Å². The summed E-state index contributed by atoms with van der Waals surface area (Å²) in [4.78, 5) is 15.2. The number of carbonyl (C=O) groups is 1. The summed E-state index contributed by atoms with van der Waals surface area (Å²) in [7, 11) is -3.01. The van der Waals surface area contributed by atoms with E-state index in [4.69, 9.17) is 9.47 Å². The summed E-state index contributed by atoms with van der Waals surface area (Å²) in [5.74, 6) is 1.15. The number of nitrogens with one attached hydrogen (secondary N) is 1. The van der Waals surface area contributed by atoms with Crippen LogP contribution in [0.15, 0.2) is 12.1 Å². The van der Waals surface area contributed by atoms with Crippen LogP contribution < -0.4 is 14.8 Å². The zero-order valence-electron chi connectivity index (χ0n) is 19.3. The van der Waals surface area contributed by atoms with Gasteiger partial charge in [-0.3, -0.25) is 9.35 Å². The topological polar surface area (TPSA) is 105 Å². The van der Waals surface area contributed by atoms with Crippen LogP contribution in [-0.2, 0) is 10.1 Å². The van der Waals surface area contributed by atoms with Crippen molar-refractivity contribution in [2.24, 2.45) is 17.8 Å². The number of hydrogen-bond acceptors (Lipinski definition) is 6. The number of rotatable bonds is 3. The number of carbonyl (C=O) groups excluding carboxylic acids is 1. The Morgan fingerprint density at radius 3 is 2.32 bits per heavy atom. The first-order valence-electron chi connectivity index (χ1n) is 10.7. The number of anilines is 1. The second kappa shape index (κ2) is 8.16. The number of methoxy groups -OCH3 is 1. The summed E-state index contributed by atoms with van der Waals surface area (Å²) < 4.78 is 46.4. The van der Waals surface area contributed by atoms with Gasteiger partial charge in [0.05, 0.1) is 24.4 Å². The van der Waals surface area contributed by atoms with Crippen molar-refractivity contribution in [3.63, 3.8) is 0 Å². The molecule has 0 saturated carbocycles. The van der Waals surface area contributed by atoms with E-state index < -0.39 is 27.1 Å². The fourth-order valence-electron chi connectivity index (χ4n) is 4.52. The molecule has 2 aliphatic heterocycles. The van der Waals surface area contributed by atoms with Gasteiger partial charge >= 0.3 is 0 Å². The summed E-state index contributed by atoms with van der Waals surface area (Å²) in [6.07, 6.45) is 0.463. The largest absolute Gasteiger partial charge is 0.493 e. The van der Waals surface area contributed by atoms with E-state index in [1.807, 2.05) is 20.8 Å². The van der Waals surface area contributed by atoms with Crippen molar-refractivity contribution in [2.75, 3.05) is 19.0 Å². The third kappa shape index (κ3) is 4.77. The minimum atomic E-state index is -4.50. The molecule has 1 aromatic carbocycles. The van der Waals surface area contributed by atoms with Gasteiger partial charge in [0.15, 0.2) is 16.9 Å². The van der Waals surface area contributed by atoms with Crippen LogP contribution >= 0.6 is 0 Å². The maximum Gasteiger partial charge on any atom is 0.288 e. The van der Waals surface area contributed by atoms with Crippen molar-refractivity contribution < 1.29 is 27.2 Å². The zero-order chi connectivity index (χ0) is 23.3. The number of nitrogens with zero attached hydrogens (tertiary/aromatic N) is 1. The Labute approximate surface area is 185 Å². The molecule has 31 heavy (non-hydrogen) atoms. The molecule has 3 rings (SSSR count). The van der Waals surface area contributed by atoms with Crippen LogP contribution in [0.2, 0.25) is 0 Å². The molecule has 8 nitrogen and oxygen atoms in total. The second-order valence-electron chi connectivity index (χ2n) is 9.92. The van der Waals surface area contributed by atoms with Crippen LogP contribution in [-0.4, -0.2) is 54.4 Å². The van der Waals surface area contributed by atoms with E-state index in [9.17, 15) is 17.8 Å². The van der Waals surface area contributed by atoms with Crippen LogP contribution in [0.4, 0.5) is 5.69 Å². The molecule has 0 aromatic heterocycles. The fraction of sp³-hybridized carbons (Fsp3) is 0.682. The van der Waals surface area contributed by atoms with Crippen molar-refractivity contribution in [3.8, 4) is 11.5 Å². The normalized spacial score (nSPS) is 29.2. The lowest BCUT2D eigenvalue weighted by molar-refractivity contribution is 0.0663. The third-order valence-electron chi connectivity index (χ3n) is 6.47. The van der Waals surface area contributed by atoms with Gasteiger partial charge in [0.1, 0.15) is 5.60 Å². The predicted molar refractivity (Wildman–Crippen MR) is 119 cm³/mol. The second-order valence-corrected chi connectivity index (χ2v) is 11.5. The Balaban J connectivity index is 2.18. The van der Waals surface area contributed by atoms with E-state index in [0.29, 0.717) is 41.6 Å². The van der Waals surface area contributed by atoms with Crippen molar-refractivity contribution in [1.29, 1.82) is 0 Å². The van der Waals surface area contributed by atoms with Crippen molar-refractivity contribution in [1.82, 2.24) is 4.90 Å². The highest BCUT2D eigenvalue weighted by molar-refractivity contribution is 7.86. The molecule has 2 aliphatic rings. The Kier molecular flexibility index (Phi) is 6.23. The van der Waals surface area contributed by atoms with Crippen LogP contribution in [0.5, 0.6) is 11.5 Å². The molecule has 1 fully saturated rings. The number of hydrogen-bond donors (Lipinski definition) is 2. The predicted octanol–water partition coefficient (Wildman–Crippen LogP) is 3.63. The Morgan fingerprint density at radius 1 is 1.13 bits per heavy atom. The van der Waals surface area contributed by atoms with Gasteiger partial charge in [-0.25, -0.2) is 0 Å². The molecule has 5 atom stereocenters. The quantitative estimate of drug-likeness (QED) is 0.672. The molecule has 9 heteroatoms. The molecule has 0 bridgehead atoms. The van der Waals surface area contributed by atoms with E-state index in [0.717, 1.165) is 0 Å². The van der Waals surface area contributed by atoms with Gasteiger partial charge in [-0.15, -0.1) is 0 Å². The molecular weight excluding hydrogens is 420 g/mol. The molecule has 2 unspecified atom stereocenters. The molecular formula is C22H34N2O6S. The molecule has 2 N–H and O–H groups in total. The molecule has 1 aromatic rings. The van der Waals surface area contributed by atoms with Crippen LogP contribution in [0, 0.1) is 17.8 Å². The molecule has 1 saturated heterocycles. The zero-order valence-corrected chi connectivity index (χ0v) is 20.1. The minimum Gasteiger partial charge on any atom is -0.493 e. The average molecular weight is 455 g/mol. The number of benzene rings is 1. The van der Waals surface area contributed by atoms with Crippen molar-refractivity contribution >= 4 is 21.7 Å². The van der Waals surface area contributed by atoms with Gasteiger partial charge < -0.3 is 19.7 Å². The first-order chi connectivity index (χ1) is 14.2. The molecule has 0 radical (unpaired) electrons. The maximum absolute atomic E-state index is 13.6. The summed E-state index contributed by atoms with van der Waals surface area (Å²) in [5, 5.41) is 1.61. The average Bonchev–Trinajstić information content (AvgIpc) is 2.81. The van der Waals surface area contributed by atoms with Gasteiger partial charge in [0.25, 0.3) is 16.0 Å². The molecule has 0 spiro atoms. The monoisotopic (exact) mass is 454 g/mol. The Hall–Kier alpha value is -2.00. The SMILES string of the molecule is COc1cc2c(cc1OC(C)(C)C)NC(S(=O)(=O)O)[C@@H]1C[C@H](C)C(C)[C@H](C)CN1C2=O. The first-order valence-corrected chi connectivity index (χ1v) is 12.2. The smallest absolute Gasteiger partial charge is 0.288 e. The van der Waals surface area contributed by atoms with Gasteiger partial charge in [0.2, 0.25) is 0 Å². The maximum atomic E-state index is 13.6. The number of ether oxygens (including phenoxy) is 2. The number of fused-ring (bicyclic) bond motifs is 2. The molecule has 174 valence electrons. The van der Waals surface area contributed by atoms with E-state index in [2.05, 4.69) is 26.1 Å². The van der Waals surface area contributed by atoms with Crippen LogP contribution in [0.3, 0.4) is 0 Å². The first kappa shape index (κ1) is 23.7. The van der Waals surface area contributed by atoms with Gasteiger partial charge in [-0.2, -0.15) is 8.42 Å². The van der Waals surface area contributed by atoms with Crippen molar-refractivity contribution in [2.45, 2.75) is 65.0 Å². The van der Waals surface area contributed by atoms with Crippen LogP contribution in [0.1, 0.15) is 58.3 Å². The van der Waals surface area contributed by atoms with Crippen LogP contribution in [0.25, 0.3) is 0 Å². The van der Waals surface area contributed by atoms with E-state index in [-0.39, 0.29) is 17.7 Å². The lowest BCUT2D eigenvalue weighted by Gasteiger charge is -2.33. The lowest BCUT2D eigenvalue weighted by Crippen LogP contribution is -2.51. The van der Waals surface area contributed by atoms with E-state index in [1.165, 1.54) is 7.11 Å². The highest BCUT2D eigenvalue weighted by Crippen LogP contribution is 2.41. The highest BCUT2D eigenvalue weighted by Gasteiger charge is 2.46. The summed E-state index contributed by atoms with van der Waals surface area (Å²) >= 11 is 0. The van der Waals surface area contributed by atoms with Crippen molar-refractivity contribution in [3.05, 3.63) is 17.7 Å². The van der Waals surface area contributed by atoms with E-state index in [1.54, 1.807) is 17.0 Å². The number of amides is 1. The summed E-state index contributed by atoms with van der Waals surface area (Å²) in [6, 6.07) is 2.46. The molecule has 0 aliphatic carbocycles. The lowest BCUT2D eigenvalue weighted by atomic mass is 9.83. The van der Waals surface area contributed by atoms with Gasteiger partial charge in [-0.05, 0) is 51.0 Å². The van der Waals surface area contributed by atoms with E-state index >= 15 is 0 Å². The standard InChI is InChI=1S/C22H34N2O6S/c1-12-8-17-20(31(26,27)28)23-16-10-19(30-22(4,5)6)18(29-7)9-15(16)21(25)24(17)11-13(2)14(12)3/h9-10,12-14,17,20,23H,8,11H2,1-7H3,(H,26,27,28)/t12-,13+,14?,17-,20?/m0/s1. The Bertz CT molecular complexity index is 955. The third-order valence-corrected chi connectivity index (χ3v) is 7.55.